The molecule has 0 amide bonds. The summed E-state index contributed by atoms with van der Waals surface area (Å²) in [5.41, 5.74) is 3.38. The second kappa shape index (κ2) is 7.86. The van der Waals surface area contributed by atoms with E-state index >= 15 is 0 Å². The van der Waals surface area contributed by atoms with Crippen LogP contribution in [0.15, 0.2) is 76.8 Å². The van der Waals surface area contributed by atoms with E-state index in [1.807, 2.05) is 47.0 Å². The Labute approximate surface area is 165 Å². The van der Waals surface area contributed by atoms with Gasteiger partial charge in [-0.1, -0.05) is 46.6 Å². The number of imidazole rings is 1. The van der Waals surface area contributed by atoms with Crippen LogP contribution in [0.5, 0.6) is 0 Å². The van der Waals surface area contributed by atoms with Crippen molar-refractivity contribution in [3.63, 3.8) is 0 Å². The number of oxime groups is 1. The van der Waals surface area contributed by atoms with E-state index in [4.69, 9.17) is 32.5 Å². The quantitative estimate of drug-likeness (QED) is 0.315. The molecule has 4 aromatic rings. The van der Waals surface area contributed by atoms with Gasteiger partial charge in [-0.3, -0.25) is 0 Å². The first-order valence-corrected chi connectivity index (χ1v) is 9.03. The van der Waals surface area contributed by atoms with Crippen LogP contribution in [0, 0.1) is 0 Å². The van der Waals surface area contributed by atoms with Gasteiger partial charge in [0.05, 0.1) is 30.2 Å². The normalized spacial score (nSPS) is 11.9. The molecule has 0 unspecified atom stereocenters. The molecule has 0 aliphatic carbocycles. The van der Waals surface area contributed by atoms with Crippen LogP contribution in [0.25, 0.3) is 11.0 Å². The minimum Gasteiger partial charge on any atom is -0.463 e. The molecule has 0 bridgehead atoms. The molecule has 136 valence electrons. The number of hydrogen-bond acceptors (Lipinski definition) is 4. The van der Waals surface area contributed by atoms with Crippen molar-refractivity contribution < 1.29 is 9.25 Å². The van der Waals surface area contributed by atoms with Crippen molar-refractivity contribution in [3.8, 4) is 0 Å². The van der Waals surface area contributed by atoms with Gasteiger partial charge in [-0.25, -0.2) is 4.98 Å². The van der Waals surface area contributed by atoms with Gasteiger partial charge >= 0.3 is 0 Å². The fourth-order valence-electron chi connectivity index (χ4n) is 2.71. The van der Waals surface area contributed by atoms with Crippen LogP contribution in [0.4, 0.5) is 0 Å². The number of benzene rings is 2. The summed E-state index contributed by atoms with van der Waals surface area (Å²) in [6, 6.07) is 16.8. The second-order valence-electron chi connectivity index (χ2n) is 5.89. The third-order valence-electron chi connectivity index (χ3n) is 4.06. The van der Waals surface area contributed by atoms with Gasteiger partial charge in [0.2, 0.25) is 0 Å². The summed E-state index contributed by atoms with van der Waals surface area (Å²) in [6.07, 6.45) is 3.38. The first-order valence-electron chi connectivity index (χ1n) is 8.27. The number of hydrogen-bond donors (Lipinski definition) is 0. The molecule has 0 spiro atoms. The zero-order chi connectivity index (χ0) is 18.6. The number of rotatable bonds is 6. The zero-order valence-electron chi connectivity index (χ0n) is 14.2. The number of aromatic nitrogens is 2. The Morgan fingerprint density at radius 1 is 1.11 bits per heavy atom. The minimum absolute atomic E-state index is 0.227. The number of fused-ring (bicyclic) bond motifs is 1. The first-order chi connectivity index (χ1) is 13.2. The fourth-order valence-corrected chi connectivity index (χ4v) is 3.17. The largest absolute Gasteiger partial charge is 0.463 e. The Balaban J connectivity index is 1.57. The summed E-state index contributed by atoms with van der Waals surface area (Å²) in [7, 11) is 0. The van der Waals surface area contributed by atoms with Crippen LogP contribution in [0.1, 0.15) is 11.3 Å². The maximum atomic E-state index is 6.18. The van der Waals surface area contributed by atoms with E-state index in [1.54, 1.807) is 24.7 Å². The number of furan rings is 1. The molecule has 2 heterocycles. The van der Waals surface area contributed by atoms with Crippen molar-refractivity contribution in [2.75, 3.05) is 0 Å². The van der Waals surface area contributed by atoms with Crippen molar-refractivity contribution in [2.45, 2.75) is 13.2 Å². The van der Waals surface area contributed by atoms with E-state index in [0.717, 1.165) is 16.6 Å². The summed E-state index contributed by atoms with van der Waals surface area (Å²) in [4.78, 5) is 9.96. The minimum atomic E-state index is 0.227. The molecule has 0 atom stereocenters. The van der Waals surface area contributed by atoms with Crippen molar-refractivity contribution in [3.05, 3.63) is 88.6 Å². The molecule has 0 saturated carbocycles. The molecule has 2 aromatic heterocycles. The number of nitrogens with zero attached hydrogens (tertiary/aromatic N) is 3. The predicted molar refractivity (Wildman–Crippen MR) is 106 cm³/mol. The van der Waals surface area contributed by atoms with E-state index in [9.17, 15) is 0 Å². The number of para-hydroxylation sites is 2. The van der Waals surface area contributed by atoms with Crippen LogP contribution in [-0.4, -0.2) is 15.3 Å². The lowest BCUT2D eigenvalue weighted by Crippen LogP contribution is -2.11. The number of halogens is 2. The predicted octanol–water partition coefficient (Wildman–Crippen LogP) is 5.56. The Hall–Kier alpha value is -2.76. The van der Waals surface area contributed by atoms with Crippen molar-refractivity contribution >= 4 is 39.9 Å². The molecule has 0 aliphatic rings. The van der Waals surface area contributed by atoms with Gasteiger partial charge in [-0.15, -0.1) is 0 Å². The summed E-state index contributed by atoms with van der Waals surface area (Å²) in [5.74, 6) is 0.634. The maximum absolute atomic E-state index is 6.18. The van der Waals surface area contributed by atoms with Gasteiger partial charge in [0.15, 0.2) is 5.76 Å². The lowest BCUT2D eigenvalue weighted by Gasteiger charge is -2.08. The average molecular weight is 400 g/mol. The summed E-state index contributed by atoms with van der Waals surface area (Å²) in [6.45, 7) is 0.688. The molecule has 0 N–H and O–H groups in total. The smallest absolute Gasteiger partial charge is 0.153 e. The van der Waals surface area contributed by atoms with E-state index in [-0.39, 0.29) is 6.61 Å². The third kappa shape index (κ3) is 3.99. The van der Waals surface area contributed by atoms with Crippen LogP contribution < -0.4 is 0 Å². The molecular formula is C20H15Cl2N3O2. The summed E-state index contributed by atoms with van der Waals surface area (Å²) >= 11 is 12.1. The molecule has 5 nitrogen and oxygen atoms in total. The van der Waals surface area contributed by atoms with Crippen LogP contribution in [0.3, 0.4) is 0 Å². The molecule has 0 fully saturated rings. The van der Waals surface area contributed by atoms with Crippen molar-refractivity contribution in [1.29, 1.82) is 0 Å². The van der Waals surface area contributed by atoms with Crippen molar-refractivity contribution in [1.82, 2.24) is 9.55 Å². The fraction of sp³-hybridized carbons (Fsp3) is 0.100. The van der Waals surface area contributed by atoms with Gasteiger partial charge in [0.1, 0.15) is 12.3 Å². The van der Waals surface area contributed by atoms with E-state index in [0.29, 0.717) is 28.1 Å². The molecule has 0 saturated heterocycles. The van der Waals surface area contributed by atoms with Gasteiger partial charge < -0.3 is 13.8 Å². The molecular weight excluding hydrogens is 385 g/mol. The Kier molecular flexibility index (Phi) is 5.14. The molecule has 7 heteroatoms. The summed E-state index contributed by atoms with van der Waals surface area (Å²) in [5, 5.41) is 5.41. The lowest BCUT2D eigenvalue weighted by molar-refractivity contribution is 0.129. The van der Waals surface area contributed by atoms with E-state index in [2.05, 4.69) is 10.1 Å². The van der Waals surface area contributed by atoms with Crippen LogP contribution in [-0.2, 0) is 18.0 Å². The highest BCUT2D eigenvalue weighted by atomic mass is 35.5. The maximum Gasteiger partial charge on any atom is 0.153 e. The first kappa shape index (κ1) is 17.6. The van der Waals surface area contributed by atoms with Gasteiger partial charge in [-0.05, 0) is 36.4 Å². The van der Waals surface area contributed by atoms with E-state index in [1.165, 1.54) is 0 Å². The van der Waals surface area contributed by atoms with Gasteiger partial charge in [0.25, 0.3) is 0 Å². The lowest BCUT2D eigenvalue weighted by atomic mass is 10.2. The van der Waals surface area contributed by atoms with E-state index < -0.39 is 0 Å². The second-order valence-corrected chi connectivity index (χ2v) is 6.73. The van der Waals surface area contributed by atoms with Crippen LogP contribution in [0.2, 0.25) is 10.0 Å². The average Bonchev–Trinajstić information content (AvgIpc) is 3.33. The Morgan fingerprint density at radius 3 is 2.81 bits per heavy atom. The summed E-state index contributed by atoms with van der Waals surface area (Å²) < 4.78 is 7.51. The molecule has 2 aromatic carbocycles. The molecule has 4 rings (SSSR count). The van der Waals surface area contributed by atoms with Gasteiger partial charge in [-0.2, -0.15) is 0 Å². The Bertz CT molecular complexity index is 1090. The highest BCUT2D eigenvalue weighted by Crippen LogP contribution is 2.22. The topological polar surface area (TPSA) is 52.5 Å². The molecule has 27 heavy (non-hydrogen) atoms. The molecule has 0 radical (unpaired) electrons. The zero-order valence-corrected chi connectivity index (χ0v) is 15.7. The highest BCUT2D eigenvalue weighted by Gasteiger charge is 2.12. The third-order valence-corrected chi connectivity index (χ3v) is 4.65. The van der Waals surface area contributed by atoms with Gasteiger partial charge in [0, 0.05) is 15.6 Å². The van der Waals surface area contributed by atoms with Crippen LogP contribution >= 0.6 is 23.2 Å². The Morgan fingerprint density at radius 2 is 2.00 bits per heavy atom. The van der Waals surface area contributed by atoms with Crippen molar-refractivity contribution in [2.24, 2.45) is 5.16 Å². The SMILES string of the molecule is Clc1ccc(CO/N=C(/Cn2cnc3ccccc32)c2ccco2)c(Cl)c1. The standard InChI is InChI=1S/C20H15Cl2N3O2/c21-15-8-7-14(16(22)10-15)12-27-24-18(20-6-3-9-26-20)11-25-13-23-17-4-1-2-5-19(17)25/h1-10,13H,11-12H2/b24-18-. The highest BCUT2D eigenvalue weighted by molar-refractivity contribution is 6.35. The molecule has 0 aliphatic heterocycles. The monoisotopic (exact) mass is 399 g/mol.